The van der Waals surface area contributed by atoms with E-state index in [1.807, 2.05) is 32.0 Å². The lowest BCUT2D eigenvalue weighted by Crippen LogP contribution is -2.31. The van der Waals surface area contributed by atoms with Gasteiger partial charge in [-0.25, -0.2) is 0 Å². The second-order valence-electron chi connectivity index (χ2n) is 4.94. The van der Waals surface area contributed by atoms with E-state index in [1.165, 1.54) is 0 Å². The Kier molecular flexibility index (Phi) is 6.03. The van der Waals surface area contributed by atoms with Gasteiger partial charge in [0.05, 0.1) is 5.92 Å². The van der Waals surface area contributed by atoms with Gasteiger partial charge in [0, 0.05) is 6.54 Å². The summed E-state index contributed by atoms with van der Waals surface area (Å²) < 4.78 is 5.46. The second-order valence-corrected chi connectivity index (χ2v) is 4.94. The molecule has 0 bridgehead atoms. The van der Waals surface area contributed by atoms with Crippen LogP contribution in [0.5, 0.6) is 5.75 Å². The molecule has 0 aliphatic heterocycles. The minimum absolute atomic E-state index is 0.0637. The molecule has 20 heavy (non-hydrogen) atoms. The number of hydrogen-bond acceptors (Lipinski definition) is 3. The van der Waals surface area contributed by atoms with Gasteiger partial charge in [0.25, 0.3) is 5.91 Å². The van der Waals surface area contributed by atoms with Crippen LogP contribution in [0.15, 0.2) is 18.2 Å². The molecule has 1 amide bonds. The van der Waals surface area contributed by atoms with Gasteiger partial charge in [-0.3, -0.25) is 9.59 Å². The molecule has 1 unspecified atom stereocenters. The highest BCUT2D eigenvalue weighted by Crippen LogP contribution is 2.18. The number of amides is 1. The smallest absolute Gasteiger partial charge is 0.306 e. The van der Waals surface area contributed by atoms with E-state index >= 15 is 0 Å². The Bertz CT molecular complexity index is 485. The first-order valence-electron chi connectivity index (χ1n) is 6.59. The number of nitrogens with one attached hydrogen (secondary N) is 1. The van der Waals surface area contributed by atoms with Crippen LogP contribution in [0.3, 0.4) is 0 Å². The van der Waals surface area contributed by atoms with Crippen molar-refractivity contribution >= 4 is 11.9 Å². The van der Waals surface area contributed by atoms with Crippen molar-refractivity contribution in [2.24, 2.45) is 5.92 Å². The van der Waals surface area contributed by atoms with E-state index in [2.05, 4.69) is 5.32 Å². The molecule has 1 aromatic rings. The Labute approximate surface area is 118 Å². The standard InChI is InChI=1S/C15H21NO4/c1-10-4-5-11(2)13(8-10)20-9-14(17)16-7-6-12(3)15(18)19/h4-5,8,12H,6-7,9H2,1-3H3,(H,16,17)(H,18,19). The van der Waals surface area contributed by atoms with Crippen LogP contribution in [0.1, 0.15) is 24.5 Å². The first-order valence-corrected chi connectivity index (χ1v) is 6.59. The molecule has 0 aliphatic rings. The maximum Gasteiger partial charge on any atom is 0.306 e. The van der Waals surface area contributed by atoms with Crippen molar-refractivity contribution in [2.45, 2.75) is 27.2 Å². The van der Waals surface area contributed by atoms with Gasteiger partial charge in [-0.05, 0) is 37.5 Å². The minimum atomic E-state index is -0.856. The minimum Gasteiger partial charge on any atom is -0.483 e. The summed E-state index contributed by atoms with van der Waals surface area (Å²) in [6.07, 6.45) is 0.407. The van der Waals surface area contributed by atoms with E-state index in [0.29, 0.717) is 18.7 Å². The van der Waals surface area contributed by atoms with E-state index < -0.39 is 11.9 Å². The topological polar surface area (TPSA) is 75.6 Å². The van der Waals surface area contributed by atoms with Crippen LogP contribution in [-0.4, -0.2) is 30.1 Å². The SMILES string of the molecule is Cc1ccc(C)c(OCC(=O)NCCC(C)C(=O)O)c1. The van der Waals surface area contributed by atoms with Gasteiger partial charge < -0.3 is 15.2 Å². The number of aryl methyl sites for hydroxylation is 2. The molecule has 2 N–H and O–H groups in total. The Morgan fingerprint density at radius 1 is 1.35 bits per heavy atom. The summed E-state index contributed by atoms with van der Waals surface area (Å²) in [6.45, 7) is 5.76. The van der Waals surface area contributed by atoms with Crippen molar-refractivity contribution in [1.82, 2.24) is 5.32 Å². The lowest BCUT2D eigenvalue weighted by molar-refractivity contribution is -0.141. The summed E-state index contributed by atoms with van der Waals surface area (Å²) in [5, 5.41) is 11.4. The third kappa shape index (κ3) is 5.30. The first-order chi connectivity index (χ1) is 9.40. The average Bonchev–Trinajstić information content (AvgIpc) is 2.39. The number of benzene rings is 1. The lowest BCUT2D eigenvalue weighted by atomic mass is 10.1. The van der Waals surface area contributed by atoms with Crippen LogP contribution in [0.2, 0.25) is 0 Å². The maximum atomic E-state index is 11.6. The zero-order valence-corrected chi connectivity index (χ0v) is 12.1. The molecule has 110 valence electrons. The van der Waals surface area contributed by atoms with Crippen LogP contribution in [0, 0.1) is 19.8 Å². The quantitative estimate of drug-likeness (QED) is 0.799. The van der Waals surface area contributed by atoms with Crippen LogP contribution in [0.25, 0.3) is 0 Å². The van der Waals surface area contributed by atoms with Gasteiger partial charge in [-0.2, -0.15) is 0 Å². The number of aliphatic carboxylic acids is 1. The summed E-state index contributed by atoms with van der Waals surface area (Å²) in [5.41, 5.74) is 2.05. The monoisotopic (exact) mass is 279 g/mol. The second kappa shape index (κ2) is 7.53. The molecule has 1 atom stereocenters. The number of rotatable bonds is 7. The molecule has 0 heterocycles. The third-order valence-electron chi connectivity index (χ3n) is 3.02. The van der Waals surface area contributed by atoms with Gasteiger partial charge in [0.15, 0.2) is 6.61 Å². The Hall–Kier alpha value is -2.04. The zero-order valence-electron chi connectivity index (χ0n) is 12.1. The van der Waals surface area contributed by atoms with Gasteiger partial charge in [0.1, 0.15) is 5.75 Å². The Balaban J connectivity index is 2.33. The Morgan fingerprint density at radius 2 is 2.05 bits per heavy atom. The number of carbonyl (C=O) groups excluding carboxylic acids is 1. The van der Waals surface area contributed by atoms with E-state index in [4.69, 9.17) is 9.84 Å². The molecule has 0 radical (unpaired) electrons. The predicted molar refractivity (Wildman–Crippen MR) is 75.8 cm³/mol. The fourth-order valence-corrected chi connectivity index (χ4v) is 1.61. The van der Waals surface area contributed by atoms with Crippen LogP contribution in [-0.2, 0) is 9.59 Å². The molecule has 1 rings (SSSR count). The number of hydrogen-bond donors (Lipinski definition) is 2. The van der Waals surface area contributed by atoms with Crippen molar-refractivity contribution in [3.63, 3.8) is 0 Å². The molecule has 0 spiro atoms. The van der Waals surface area contributed by atoms with E-state index in [1.54, 1.807) is 6.92 Å². The molecular weight excluding hydrogens is 258 g/mol. The maximum absolute atomic E-state index is 11.6. The molecular formula is C15H21NO4. The molecule has 1 aromatic carbocycles. The van der Waals surface area contributed by atoms with Crippen molar-refractivity contribution in [1.29, 1.82) is 0 Å². The van der Waals surface area contributed by atoms with Crippen LogP contribution >= 0.6 is 0 Å². The van der Waals surface area contributed by atoms with E-state index in [0.717, 1.165) is 11.1 Å². The summed E-state index contributed by atoms with van der Waals surface area (Å²) in [4.78, 5) is 22.2. The predicted octanol–water partition coefficient (Wildman–Crippen LogP) is 1.91. The highest BCUT2D eigenvalue weighted by Gasteiger charge is 2.11. The Morgan fingerprint density at radius 3 is 2.70 bits per heavy atom. The summed E-state index contributed by atoms with van der Waals surface area (Å²) in [5.74, 6) is -0.872. The number of carbonyl (C=O) groups is 2. The largest absolute Gasteiger partial charge is 0.483 e. The van der Waals surface area contributed by atoms with Crippen molar-refractivity contribution in [3.05, 3.63) is 29.3 Å². The number of carboxylic acid groups (broad SMARTS) is 1. The van der Waals surface area contributed by atoms with Gasteiger partial charge in [0.2, 0.25) is 0 Å². The molecule has 0 saturated carbocycles. The number of carboxylic acids is 1. The molecule has 0 fully saturated rings. The van der Waals surface area contributed by atoms with Crippen molar-refractivity contribution in [2.75, 3.05) is 13.2 Å². The summed E-state index contributed by atoms with van der Waals surface area (Å²) in [6, 6.07) is 5.81. The fraction of sp³-hybridized carbons (Fsp3) is 0.467. The van der Waals surface area contributed by atoms with Gasteiger partial charge in [-0.15, -0.1) is 0 Å². The van der Waals surface area contributed by atoms with Crippen LogP contribution < -0.4 is 10.1 Å². The molecule has 5 heteroatoms. The third-order valence-corrected chi connectivity index (χ3v) is 3.02. The van der Waals surface area contributed by atoms with Crippen molar-refractivity contribution < 1.29 is 19.4 Å². The molecule has 0 saturated heterocycles. The number of ether oxygens (including phenoxy) is 1. The van der Waals surface area contributed by atoms with Gasteiger partial charge >= 0.3 is 5.97 Å². The van der Waals surface area contributed by atoms with Gasteiger partial charge in [-0.1, -0.05) is 19.1 Å². The average molecular weight is 279 g/mol. The zero-order chi connectivity index (χ0) is 15.1. The van der Waals surface area contributed by atoms with Crippen molar-refractivity contribution in [3.8, 4) is 5.75 Å². The highest BCUT2D eigenvalue weighted by molar-refractivity contribution is 5.77. The summed E-state index contributed by atoms with van der Waals surface area (Å²) >= 11 is 0. The van der Waals surface area contributed by atoms with E-state index in [9.17, 15) is 9.59 Å². The summed E-state index contributed by atoms with van der Waals surface area (Å²) in [7, 11) is 0. The molecule has 0 aliphatic carbocycles. The molecule has 0 aromatic heterocycles. The lowest BCUT2D eigenvalue weighted by Gasteiger charge is -2.11. The normalized spacial score (nSPS) is 11.8. The van der Waals surface area contributed by atoms with Crippen LogP contribution in [0.4, 0.5) is 0 Å². The molecule has 5 nitrogen and oxygen atoms in total. The first kappa shape index (κ1) is 16.0. The fourth-order valence-electron chi connectivity index (χ4n) is 1.61. The highest BCUT2D eigenvalue weighted by atomic mass is 16.5. The van der Waals surface area contributed by atoms with E-state index in [-0.39, 0.29) is 12.5 Å².